The molecule has 1 amide bonds. The van der Waals surface area contributed by atoms with E-state index in [1.54, 1.807) is 18.7 Å². The summed E-state index contributed by atoms with van der Waals surface area (Å²) < 4.78 is 38.8. The second kappa shape index (κ2) is 10.8. The van der Waals surface area contributed by atoms with Gasteiger partial charge in [0.1, 0.15) is 18.2 Å². The lowest BCUT2D eigenvalue weighted by Gasteiger charge is -2.25. The maximum absolute atomic E-state index is 14.0. The van der Waals surface area contributed by atoms with Crippen molar-refractivity contribution in [3.8, 4) is 5.88 Å². The van der Waals surface area contributed by atoms with E-state index in [0.29, 0.717) is 19.5 Å². The Morgan fingerprint density at radius 2 is 2.06 bits per heavy atom. The van der Waals surface area contributed by atoms with Crippen LogP contribution in [0, 0.1) is 11.6 Å². The quantitative estimate of drug-likeness (QED) is 0.558. The lowest BCUT2D eigenvalue weighted by atomic mass is 10.2. The Balaban J connectivity index is 1.81. The first-order valence-electron chi connectivity index (χ1n) is 10.6. The number of nitrogens with zero attached hydrogens (tertiary/aromatic N) is 3. The Kier molecular flexibility index (Phi) is 8.08. The largest absolute Gasteiger partial charge is 0.471 e. The van der Waals surface area contributed by atoms with Gasteiger partial charge in [0, 0.05) is 43.7 Å². The summed E-state index contributed by atoms with van der Waals surface area (Å²) >= 11 is 6.22. The van der Waals surface area contributed by atoms with Crippen LogP contribution in [-0.4, -0.2) is 47.2 Å². The van der Waals surface area contributed by atoms with Gasteiger partial charge in [0.05, 0.1) is 0 Å². The molecule has 1 aliphatic heterocycles. The van der Waals surface area contributed by atoms with Crippen LogP contribution in [0.2, 0.25) is 5.02 Å². The number of aromatic nitrogens is 2. The molecular weight excluding hydrogens is 474 g/mol. The lowest BCUT2D eigenvalue weighted by Crippen LogP contribution is -2.40. The van der Waals surface area contributed by atoms with Crippen molar-refractivity contribution in [3.63, 3.8) is 0 Å². The van der Waals surface area contributed by atoms with Crippen molar-refractivity contribution in [1.82, 2.24) is 14.9 Å². The molecule has 34 heavy (non-hydrogen) atoms. The summed E-state index contributed by atoms with van der Waals surface area (Å²) in [6.07, 6.45) is 0.569. The van der Waals surface area contributed by atoms with E-state index in [1.165, 1.54) is 17.6 Å². The number of ether oxygens (including phenoxy) is 2. The molecule has 0 spiro atoms. The number of hydrogen-bond acceptors (Lipinski definition) is 7. The number of anilines is 1. The van der Waals surface area contributed by atoms with Crippen LogP contribution in [0.3, 0.4) is 0 Å². The molecule has 3 rings (SSSR count). The van der Waals surface area contributed by atoms with Crippen molar-refractivity contribution >= 4 is 29.4 Å². The SMILES string of the molecule is CC(=O)OCC(=O)NC1CCN(c2nc(OCc3ccc(F)cc3F)c(Cl)c(=O)n2C(C)C)C1. The molecule has 1 atom stereocenters. The van der Waals surface area contributed by atoms with Gasteiger partial charge in [-0.25, -0.2) is 8.78 Å². The van der Waals surface area contributed by atoms with E-state index >= 15 is 0 Å². The number of hydrogen-bond donors (Lipinski definition) is 1. The molecule has 1 N–H and O–H groups in total. The van der Waals surface area contributed by atoms with E-state index in [9.17, 15) is 23.2 Å². The Labute approximate surface area is 199 Å². The summed E-state index contributed by atoms with van der Waals surface area (Å²) in [5, 5.41) is 2.52. The topological polar surface area (TPSA) is 103 Å². The second-order valence-electron chi connectivity index (χ2n) is 8.10. The fourth-order valence-corrected chi connectivity index (χ4v) is 3.73. The summed E-state index contributed by atoms with van der Waals surface area (Å²) in [5.74, 6) is -2.39. The predicted molar refractivity (Wildman–Crippen MR) is 120 cm³/mol. The van der Waals surface area contributed by atoms with Gasteiger partial charge in [0.25, 0.3) is 11.5 Å². The molecule has 2 heterocycles. The number of rotatable bonds is 8. The van der Waals surface area contributed by atoms with Gasteiger partial charge in [0.15, 0.2) is 11.6 Å². The maximum Gasteiger partial charge on any atom is 0.303 e. The van der Waals surface area contributed by atoms with Gasteiger partial charge in [-0.2, -0.15) is 4.98 Å². The van der Waals surface area contributed by atoms with E-state index in [2.05, 4.69) is 10.3 Å². The van der Waals surface area contributed by atoms with Gasteiger partial charge >= 0.3 is 5.97 Å². The average Bonchev–Trinajstić information content (AvgIpc) is 3.22. The fraction of sp³-hybridized carbons (Fsp3) is 0.455. The first kappa shape index (κ1) is 25.4. The van der Waals surface area contributed by atoms with E-state index < -0.39 is 29.1 Å². The van der Waals surface area contributed by atoms with Crippen molar-refractivity contribution in [2.24, 2.45) is 0 Å². The molecule has 0 aliphatic carbocycles. The van der Waals surface area contributed by atoms with Gasteiger partial charge < -0.3 is 19.7 Å². The molecule has 0 radical (unpaired) electrons. The summed E-state index contributed by atoms with van der Waals surface area (Å²) in [5.41, 5.74) is -0.454. The van der Waals surface area contributed by atoms with Crippen molar-refractivity contribution < 1.29 is 27.8 Å². The Morgan fingerprint density at radius 1 is 1.32 bits per heavy atom. The lowest BCUT2D eigenvalue weighted by molar-refractivity contribution is -0.146. The molecule has 1 aromatic carbocycles. The zero-order valence-electron chi connectivity index (χ0n) is 18.9. The minimum Gasteiger partial charge on any atom is -0.471 e. The molecule has 1 aliphatic rings. The first-order chi connectivity index (χ1) is 16.1. The van der Waals surface area contributed by atoms with Crippen LogP contribution >= 0.6 is 11.6 Å². The fourth-order valence-electron chi connectivity index (χ4n) is 3.55. The van der Waals surface area contributed by atoms with Crippen LogP contribution in [0.5, 0.6) is 5.88 Å². The average molecular weight is 499 g/mol. The van der Waals surface area contributed by atoms with Crippen LogP contribution in [0.15, 0.2) is 23.0 Å². The Hall–Kier alpha value is -3.21. The molecule has 1 fully saturated rings. The van der Waals surface area contributed by atoms with Gasteiger partial charge in [-0.1, -0.05) is 11.6 Å². The van der Waals surface area contributed by atoms with Crippen LogP contribution in [0.4, 0.5) is 14.7 Å². The minimum atomic E-state index is -0.793. The standard InChI is InChI=1S/C22H25ClF2N4O5/c1-12(2)29-21(32)19(23)20(34-10-14-4-5-15(24)8-17(14)25)27-22(29)28-7-6-16(9-28)26-18(31)11-33-13(3)30/h4-5,8,12,16H,6-7,9-11H2,1-3H3,(H,26,31). The number of halogens is 3. The molecule has 1 unspecified atom stereocenters. The molecule has 184 valence electrons. The highest BCUT2D eigenvalue weighted by Gasteiger charge is 2.29. The van der Waals surface area contributed by atoms with Crippen molar-refractivity contribution in [1.29, 1.82) is 0 Å². The monoisotopic (exact) mass is 498 g/mol. The molecule has 1 aromatic heterocycles. The highest BCUT2D eigenvalue weighted by Crippen LogP contribution is 2.27. The normalized spacial score (nSPS) is 15.5. The van der Waals surface area contributed by atoms with E-state index in [4.69, 9.17) is 21.1 Å². The second-order valence-corrected chi connectivity index (χ2v) is 8.48. The molecule has 0 bridgehead atoms. The highest BCUT2D eigenvalue weighted by molar-refractivity contribution is 6.31. The third-order valence-electron chi connectivity index (χ3n) is 5.15. The van der Waals surface area contributed by atoms with Gasteiger partial charge in [0.2, 0.25) is 11.8 Å². The van der Waals surface area contributed by atoms with E-state index in [1.807, 2.05) is 0 Å². The molecular formula is C22H25ClF2N4O5. The Bertz CT molecular complexity index is 1140. The zero-order valence-corrected chi connectivity index (χ0v) is 19.7. The van der Waals surface area contributed by atoms with Crippen molar-refractivity contribution in [2.75, 3.05) is 24.6 Å². The maximum atomic E-state index is 14.0. The minimum absolute atomic E-state index is 0.0746. The number of esters is 1. The number of amides is 1. The third-order valence-corrected chi connectivity index (χ3v) is 5.47. The molecule has 9 nitrogen and oxygen atoms in total. The zero-order chi connectivity index (χ0) is 25.0. The molecule has 12 heteroatoms. The van der Waals surface area contributed by atoms with Crippen molar-refractivity contribution in [2.45, 2.75) is 45.9 Å². The van der Waals surface area contributed by atoms with E-state index in [0.717, 1.165) is 12.1 Å². The molecule has 0 saturated carbocycles. The summed E-state index contributed by atoms with van der Waals surface area (Å²) in [7, 11) is 0. The van der Waals surface area contributed by atoms with Crippen LogP contribution in [-0.2, 0) is 20.9 Å². The number of carbonyl (C=O) groups is 2. The van der Waals surface area contributed by atoms with Crippen LogP contribution in [0.25, 0.3) is 0 Å². The number of benzene rings is 1. The summed E-state index contributed by atoms with van der Waals surface area (Å²) in [4.78, 5) is 42.1. The van der Waals surface area contributed by atoms with Gasteiger partial charge in [-0.3, -0.25) is 19.0 Å². The van der Waals surface area contributed by atoms with Crippen molar-refractivity contribution in [3.05, 3.63) is 50.8 Å². The summed E-state index contributed by atoms with van der Waals surface area (Å²) in [6, 6.07) is 2.52. The number of nitrogens with one attached hydrogen (secondary N) is 1. The van der Waals surface area contributed by atoms with Crippen LogP contribution in [0.1, 0.15) is 38.8 Å². The molecule has 2 aromatic rings. The smallest absolute Gasteiger partial charge is 0.303 e. The first-order valence-corrected chi connectivity index (χ1v) is 11.0. The van der Waals surface area contributed by atoms with Crippen LogP contribution < -0.4 is 20.5 Å². The summed E-state index contributed by atoms with van der Waals surface area (Å²) in [6.45, 7) is 4.95. The van der Waals surface area contributed by atoms with Gasteiger partial charge in [-0.05, 0) is 32.4 Å². The Morgan fingerprint density at radius 3 is 2.71 bits per heavy atom. The predicted octanol–water partition coefficient (Wildman–Crippen LogP) is 2.59. The van der Waals surface area contributed by atoms with E-state index in [-0.39, 0.29) is 47.7 Å². The van der Waals surface area contributed by atoms with Gasteiger partial charge in [-0.15, -0.1) is 0 Å². The number of carbonyl (C=O) groups excluding carboxylic acids is 2. The highest BCUT2D eigenvalue weighted by atomic mass is 35.5. The molecule has 1 saturated heterocycles. The third kappa shape index (κ3) is 6.02.